The predicted octanol–water partition coefficient (Wildman–Crippen LogP) is 0.887. The van der Waals surface area contributed by atoms with Gasteiger partial charge in [0.2, 0.25) is 0 Å². The molecule has 0 aliphatic carbocycles. The van der Waals surface area contributed by atoms with Gasteiger partial charge in [0.15, 0.2) is 5.96 Å². The molecule has 2 rings (SSSR count). The van der Waals surface area contributed by atoms with Gasteiger partial charge in [0.1, 0.15) is 0 Å². The van der Waals surface area contributed by atoms with Crippen LogP contribution in [0.3, 0.4) is 0 Å². The van der Waals surface area contributed by atoms with E-state index in [1.54, 1.807) is 0 Å². The number of carbonyl (C=O) groups excluding carboxylic acids is 1. The molecule has 4 nitrogen and oxygen atoms in total. The Kier molecular flexibility index (Phi) is 2.10. The Balaban J connectivity index is 2.43. The van der Waals surface area contributed by atoms with Crippen molar-refractivity contribution in [3.8, 4) is 0 Å². The van der Waals surface area contributed by atoms with E-state index < -0.39 is 0 Å². The second kappa shape index (κ2) is 3.08. The first-order chi connectivity index (χ1) is 6.99. The summed E-state index contributed by atoms with van der Waals surface area (Å²) >= 11 is 0. The SMILES string of the molecule is C=C[C@]1(C)CC[C@@H]2[C@H](C)C(=O)N=C(N)N21. The zero-order valence-electron chi connectivity index (χ0n) is 9.23. The van der Waals surface area contributed by atoms with Crippen molar-refractivity contribution >= 4 is 11.9 Å². The Morgan fingerprint density at radius 3 is 3.00 bits per heavy atom. The smallest absolute Gasteiger partial charge is 0.253 e. The number of hydrogen-bond acceptors (Lipinski definition) is 3. The average Bonchev–Trinajstić information content (AvgIpc) is 2.54. The second-order valence-corrected chi connectivity index (χ2v) is 4.63. The van der Waals surface area contributed by atoms with Gasteiger partial charge in [-0.25, -0.2) is 0 Å². The Morgan fingerprint density at radius 1 is 1.73 bits per heavy atom. The highest BCUT2D eigenvalue weighted by atomic mass is 16.1. The number of hydrogen-bond donors (Lipinski definition) is 1. The van der Waals surface area contributed by atoms with Crippen LogP contribution in [0.5, 0.6) is 0 Å². The van der Waals surface area contributed by atoms with Crippen molar-refractivity contribution in [1.82, 2.24) is 4.90 Å². The van der Waals surface area contributed by atoms with E-state index in [2.05, 4.69) is 18.5 Å². The first-order valence-electron chi connectivity index (χ1n) is 5.30. The Bertz CT molecular complexity index is 350. The summed E-state index contributed by atoms with van der Waals surface area (Å²) in [6.45, 7) is 7.86. The lowest BCUT2D eigenvalue weighted by Crippen LogP contribution is -2.56. The van der Waals surface area contributed by atoms with Gasteiger partial charge in [0.05, 0.1) is 11.5 Å². The number of nitrogens with two attached hydrogens (primary N) is 1. The minimum atomic E-state index is -0.146. The van der Waals surface area contributed by atoms with Gasteiger partial charge in [-0.1, -0.05) is 13.0 Å². The molecule has 3 atom stereocenters. The van der Waals surface area contributed by atoms with Crippen LogP contribution in [0.15, 0.2) is 17.6 Å². The number of rotatable bonds is 1. The fraction of sp³-hybridized carbons (Fsp3) is 0.636. The first kappa shape index (κ1) is 10.2. The topological polar surface area (TPSA) is 58.7 Å². The molecule has 0 radical (unpaired) electrons. The summed E-state index contributed by atoms with van der Waals surface area (Å²) in [7, 11) is 0. The third-order valence-corrected chi connectivity index (χ3v) is 3.71. The molecule has 0 aromatic carbocycles. The molecule has 1 fully saturated rings. The average molecular weight is 207 g/mol. The Morgan fingerprint density at radius 2 is 2.40 bits per heavy atom. The van der Waals surface area contributed by atoms with E-state index >= 15 is 0 Å². The monoisotopic (exact) mass is 207 g/mol. The molecule has 2 aliphatic heterocycles. The molecule has 0 saturated carbocycles. The van der Waals surface area contributed by atoms with Gasteiger partial charge in [0.25, 0.3) is 5.91 Å². The van der Waals surface area contributed by atoms with E-state index in [0.717, 1.165) is 12.8 Å². The normalized spacial score (nSPS) is 40.0. The maximum absolute atomic E-state index is 11.5. The van der Waals surface area contributed by atoms with Crippen molar-refractivity contribution in [1.29, 1.82) is 0 Å². The largest absolute Gasteiger partial charge is 0.369 e. The summed E-state index contributed by atoms with van der Waals surface area (Å²) in [5.41, 5.74) is 5.69. The molecule has 82 valence electrons. The molecule has 2 N–H and O–H groups in total. The third-order valence-electron chi connectivity index (χ3n) is 3.71. The zero-order chi connectivity index (χ0) is 11.2. The zero-order valence-corrected chi connectivity index (χ0v) is 9.23. The number of nitrogens with zero attached hydrogens (tertiary/aromatic N) is 2. The van der Waals surface area contributed by atoms with Gasteiger partial charge in [-0.15, -0.1) is 6.58 Å². The van der Waals surface area contributed by atoms with Crippen LogP contribution in [0.2, 0.25) is 0 Å². The van der Waals surface area contributed by atoms with Crippen LogP contribution in [0.4, 0.5) is 0 Å². The van der Waals surface area contributed by atoms with Gasteiger partial charge in [0, 0.05) is 6.04 Å². The molecular weight excluding hydrogens is 190 g/mol. The number of amides is 1. The van der Waals surface area contributed by atoms with Crippen LogP contribution in [0.1, 0.15) is 26.7 Å². The van der Waals surface area contributed by atoms with E-state index in [-0.39, 0.29) is 23.4 Å². The minimum absolute atomic E-state index is 0.0564. The van der Waals surface area contributed by atoms with Gasteiger partial charge in [-0.05, 0) is 19.8 Å². The molecule has 2 aliphatic rings. The highest BCUT2D eigenvalue weighted by Crippen LogP contribution is 2.39. The summed E-state index contributed by atoms with van der Waals surface area (Å²) in [5, 5.41) is 0. The van der Waals surface area contributed by atoms with E-state index in [0.29, 0.717) is 5.96 Å². The van der Waals surface area contributed by atoms with Crippen molar-refractivity contribution in [3.63, 3.8) is 0 Å². The van der Waals surface area contributed by atoms with Crippen molar-refractivity contribution in [2.24, 2.45) is 16.6 Å². The molecule has 0 spiro atoms. The lowest BCUT2D eigenvalue weighted by atomic mass is 9.98. The Hall–Kier alpha value is -1.32. The summed E-state index contributed by atoms with van der Waals surface area (Å²) in [6, 6.07) is 0.193. The molecule has 1 saturated heterocycles. The van der Waals surface area contributed by atoms with E-state index in [4.69, 9.17) is 5.73 Å². The van der Waals surface area contributed by atoms with Gasteiger partial charge < -0.3 is 10.6 Å². The lowest BCUT2D eigenvalue weighted by molar-refractivity contribution is -0.123. The molecule has 0 bridgehead atoms. The van der Waals surface area contributed by atoms with Gasteiger partial charge in [-0.2, -0.15) is 4.99 Å². The van der Waals surface area contributed by atoms with Crippen molar-refractivity contribution in [2.75, 3.05) is 0 Å². The fourth-order valence-corrected chi connectivity index (χ4v) is 2.61. The van der Waals surface area contributed by atoms with Crippen LogP contribution in [-0.4, -0.2) is 28.3 Å². The van der Waals surface area contributed by atoms with E-state index in [1.807, 2.05) is 17.9 Å². The molecule has 0 aromatic rings. The fourth-order valence-electron chi connectivity index (χ4n) is 2.61. The van der Waals surface area contributed by atoms with E-state index in [1.165, 1.54) is 0 Å². The molecule has 0 aromatic heterocycles. The van der Waals surface area contributed by atoms with Crippen LogP contribution in [-0.2, 0) is 4.79 Å². The third kappa shape index (κ3) is 1.28. The van der Waals surface area contributed by atoms with Crippen molar-refractivity contribution < 1.29 is 4.79 Å². The van der Waals surface area contributed by atoms with Crippen LogP contribution in [0.25, 0.3) is 0 Å². The molecular formula is C11H17N3O. The van der Waals surface area contributed by atoms with Gasteiger partial charge >= 0.3 is 0 Å². The number of aliphatic imine (C=N–C) groups is 1. The van der Waals surface area contributed by atoms with Crippen LogP contribution < -0.4 is 5.73 Å². The summed E-state index contributed by atoms with van der Waals surface area (Å²) in [5.74, 6) is 0.198. The second-order valence-electron chi connectivity index (χ2n) is 4.63. The number of fused-ring (bicyclic) bond motifs is 1. The van der Waals surface area contributed by atoms with Gasteiger partial charge in [-0.3, -0.25) is 4.79 Å². The minimum Gasteiger partial charge on any atom is -0.369 e. The molecule has 2 heterocycles. The number of guanidine groups is 1. The molecule has 15 heavy (non-hydrogen) atoms. The molecule has 4 heteroatoms. The van der Waals surface area contributed by atoms with E-state index in [9.17, 15) is 4.79 Å². The standard InChI is InChI=1S/C11H17N3O/c1-4-11(3)6-5-8-7(2)9(15)13-10(12)14(8)11/h4,7-8H,1,5-6H2,2-3H3,(H2,12,13,15)/t7-,8+,11+/m0/s1. The lowest BCUT2D eigenvalue weighted by Gasteiger charge is -2.41. The highest BCUT2D eigenvalue weighted by Gasteiger charge is 2.48. The first-order valence-corrected chi connectivity index (χ1v) is 5.30. The summed E-state index contributed by atoms with van der Waals surface area (Å²) < 4.78 is 0. The van der Waals surface area contributed by atoms with Crippen molar-refractivity contribution in [3.05, 3.63) is 12.7 Å². The maximum Gasteiger partial charge on any atom is 0.253 e. The summed E-state index contributed by atoms with van der Waals surface area (Å²) in [4.78, 5) is 17.5. The predicted molar refractivity (Wildman–Crippen MR) is 59.3 cm³/mol. The molecule has 0 unspecified atom stereocenters. The quantitative estimate of drug-likeness (QED) is 0.649. The summed E-state index contributed by atoms with van der Waals surface area (Å²) in [6.07, 6.45) is 3.86. The van der Waals surface area contributed by atoms with Crippen LogP contribution in [0, 0.1) is 5.92 Å². The Labute approximate surface area is 89.8 Å². The highest BCUT2D eigenvalue weighted by molar-refractivity contribution is 5.97. The molecule has 1 amide bonds. The van der Waals surface area contributed by atoms with Crippen molar-refractivity contribution in [2.45, 2.75) is 38.3 Å². The number of carbonyl (C=O) groups is 1. The van der Waals surface area contributed by atoms with Crippen LogP contribution >= 0.6 is 0 Å². The maximum atomic E-state index is 11.5.